The van der Waals surface area contributed by atoms with Crippen LogP contribution in [0.15, 0.2) is 66.7 Å². The molecule has 3 aromatic carbocycles. The number of para-hydroxylation sites is 1. The molecule has 39 heavy (non-hydrogen) atoms. The van der Waals surface area contributed by atoms with E-state index in [0.29, 0.717) is 16.8 Å². The van der Waals surface area contributed by atoms with Gasteiger partial charge in [0.15, 0.2) is 11.5 Å². The Hall–Kier alpha value is -4.40. The van der Waals surface area contributed by atoms with E-state index in [1.807, 2.05) is 55.5 Å². The van der Waals surface area contributed by atoms with Crippen LogP contribution in [-0.2, 0) is 16.1 Å². The molecule has 1 aliphatic carbocycles. The van der Waals surface area contributed by atoms with E-state index in [9.17, 15) is 14.7 Å². The molecule has 9 nitrogen and oxygen atoms in total. The van der Waals surface area contributed by atoms with Crippen molar-refractivity contribution in [2.24, 2.45) is 0 Å². The molecule has 1 heterocycles. The molecule has 0 radical (unpaired) electrons. The van der Waals surface area contributed by atoms with E-state index in [1.165, 1.54) is 18.1 Å². The van der Waals surface area contributed by atoms with Crippen molar-refractivity contribution in [3.05, 3.63) is 77.9 Å². The van der Waals surface area contributed by atoms with Crippen molar-refractivity contribution >= 4 is 28.5 Å². The van der Waals surface area contributed by atoms with Crippen LogP contribution in [0.25, 0.3) is 11.0 Å². The molecule has 0 bridgehead atoms. The lowest BCUT2D eigenvalue weighted by Crippen LogP contribution is -2.48. The monoisotopic (exact) mass is 527 g/mol. The number of nitrogens with zero attached hydrogens (tertiary/aromatic N) is 4. The Kier molecular flexibility index (Phi) is 7.76. The summed E-state index contributed by atoms with van der Waals surface area (Å²) in [4.78, 5) is 29.7. The molecule has 1 aromatic heterocycles. The van der Waals surface area contributed by atoms with Gasteiger partial charge in [0.05, 0.1) is 12.6 Å². The normalized spacial score (nSPS) is 14.6. The standard InChI is InChI=1S/C30H33N5O4/c1-20-12-15-23(16-13-20)35(28(37)19-34-25-11-7-6-10-24(25)32-33-34)29(21-14-17-27(39-2)26(36)18-21)30(38)31-22-8-4-3-5-9-22/h6-7,10-18,22,29,36H,3-5,8-9,19H2,1-2H3,(H,31,38)/t29-/m0/s1. The predicted octanol–water partition coefficient (Wildman–Crippen LogP) is 4.68. The minimum atomic E-state index is -1.03. The van der Waals surface area contributed by atoms with E-state index in [1.54, 1.807) is 16.8 Å². The number of phenols is 1. The van der Waals surface area contributed by atoms with Crippen molar-refractivity contribution in [1.82, 2.24) is 20.3 Å². The van der Waals surface area contributed by atoms with E-state index in [2.05, 4.69) is 15.6 Å². The van der Waals surface area contributed by atoms with Crippen LogP contribution in [0.5, 0.6) is 11.5 Å². The number of phenolic OH excluding ortho intramolecular Hbond substituents is 1. The first-order valence-corrected chi connectivity index (χ1v) is 13.3. The molecule has 2 N–H and O–H groups in total. The summed E-state index contributed by atoms with van der Waals surface area (Å²) in [6.45, 7) is 1.84. The molecule has 2 amide bonds. The van der Waals surface area contributed by atoms with E-state index >= 15 is 0 Å². The number of rotatable bonds is 8. The Morgan fingerprint density at radius 2 is 1.82 bits per heavy atom. The lowest BCUT2D eigenvalue weighted by molar-refractivity contribution is -0.127. The summed E-state index contributed by atoms with van der Waals surface area (Å²) in [5.41, 5.74) is 3.46. The Labute approximate surface area is 227 Å². The molecular weight excluding hydrogens is 494 g/mol. The lowest BCUT2D eigenvalue weighted by Gasteiger charge is -2.33. The van der Waals surface area contributed by atoms with Crippen LogP contribution in [-0.4, -0.2) is 45.1 Å². The van der Waals surface area contributed by atoms with Crippen molar-refractivity contribution in [2.75, 3.05) is 12.0 Å². The molecule has 0 saturated heterocycles. The number of carbonyl (C=O) groups is 2. The number of carbonyl (C=O) groups excluding carboxylic acids is 2. The fourth-order valence-corrected chi connectivity index (χ4v) is 5.20. The Balaban J connectivity index is 1.58. The van der Waals surface area contributed by atoms with Crippen molar-refractivity contribution in [3.63, 3.8) is 0 Å². The molecule has 202 valence electrons. The van der Waals surface area contributed by atoms with Crippen molar-refractivity contribution < 1.29 is 19.4 Å². The number of methoxy groups -OCH3 is 1. The topological polar surface area (TPSA) is 110 Å². The molecule has 1 fully saturated rings. The van der Waals surface area contributed by atoms with Crippen LogP contribution in [0.4, 0.5) is 5.69 Å². The van der Waals surface area contributed by atoms with Crippen LogP contribution >= 0.6 is 0 Å². The second kappa shape index (κ2) is 11.6. The number of ether oxygens (including phenoxy) is 1. The third-order valence-electron chi connectivity index (χ3n) is 7.26. The molecule has 1 aliphatic rings. The van der Waals surface area contributed by atoms with E-state index in [0.717, 1.165) is 43.2 Å². The summed E-state index contributed by atoms with van der Waals surface area (Å²) in [5.74, 6) is -0.464. The number of hydrogen-bond donors (Lipinski definition) is 2. The van der Waals surface area contributed by atoms with Gasteiger partial charge in [-0.05, 0) is 61.7 Å². The molecule has 0 aliphatic heterocycles. The molecule has 4 aromatic rings. The average molecular weight is 528 g/mol. The Bertz CT molecular complexity index is 1460. The first-order valence-electron chi connectivity index (χ1n) is 13.3. The number of aromatic nitrogens is 3. The minimum absolute atomic E-state index is 0.0369. The first kappa shape index (κ1) is 26.2. The molecular formula is C30H33N5O4. The summed E-state index contributed by atoms with van der Waals surface area (Å²) >= 11 is 0. The number of amides is 2. The number of benzene rings is 3. The average Bonchev–Trinajstić information content (AvgIpc) is 3.35. The zero-order valence-electron chi connectivity index (χ0n) is 22.2. The highest BCUT2D eigenvalue weighted by Gasteiger charge is 2.35. The van der Waals surface area contributed by atoms with Gasteiger partial charge in [0.25, 0.3) is 0 Å². The van der Waals surface area contributed by atoms with Crippen LogP contribution in [0, 0.1) is 6.92 Å². The van der Waals surface area contributed by atoms with Gasteiger partial charge < -0.3 is 15.2 Å². The SMILES string of the molecule is COc1ccc([C@@H](C(=O)NC2CCCCC2)N(C(=O)Cn2nnc3ccccc32)c2ccc(C)cc2)cc1O. The maximum Gasteiger partial charge on any atom is 0.249 e. The number of anilines is 1. The summed E-state index contributed by atoms with van der Waals surface area (Å²) in [5, 5.41) is 22.2. The Morgan fingerprint density at radius 3 is 2.54 bits per heavy atom. The zero-order chi connectivity index (χ0) is 27.4. The smallest absolute Gasteiger partial charge is 0.249 e. The number of nitrogens with one attached hydrogen (secondary N) is 1. The highest BCUT2D eigenvalue weighted by molar-refractivity contribution is 6.01. The second-order valence-electron chi connectivity index (χ2n) is 10.0. The molecule has 5 rings (SSSR count). The first-order chi connectivity index (χ1) is 18.9. The van der Waals surface area contributed by atoms with Gasteiger partial charge in [0.2, 0.25) is 11.8 Å². The highest BCUT2D eigenvalue weighted by Crippen LogP contribution is 2.34. The largest absolute Gasteiger partial charge is 0.504 e. The van der Waals surface area contributed by atoms with Crippen LogP contribution in [0.2, 0.25) is 0 Å². The fourth-order valence-electron chi connectivity index (χ4n) is 5.20. The second-order valence-corrected chi connectivity index (χ2v) is 10.0. The third-order valence-corrected chi connectivity index (χ3v) is 7.26. The van der Waals surface area contributed by atoms with Crippen LogP contribution in [0.1, 0.15) is 49.3 Å². The van der Waals surface area contributed by atoms with Gasteiger partial charge in [-0.25, -0.2) is 4.68 Å². The van der Waals surface area contributed by atoms with Crippen molar-refractivity contribution in [2.45, 2.75) is 57.7 Å². The van der Waals surface area contributed by atoms with E-state index in [-0.39, 0.29) is 35.9 Å². The third kappa shape index (κ3) is 5.72. The van der Waals surface area contributed by atoms with Crippen molar-refractivity contribution in [3.8, 4) is 11.5 Å². The predicted molar refractivity (Wildman–Crippen MR) is 149 cm³/mol. The maximum atomic E-state index is 14.1. The van der Waals surface area contributed by atoms with Crippen LogP contribution < -0.4 is 15.0 Å². The molecule has 1 atom stereocenters. The Morgan fingerprint density at radius 1 is 1.08 bits per heavy atom. The maximum absolute atomic E-state index is 14.1. The number of aryl methyl sites for hydroxylation is 1. The minimum Gasteiger partial charge on any atom is -0.504 e. The van der Waals surface area contributed by atoms with Crippen LogP contribution in [0.3, 0.4) is 0 Å². The van der Waals surface area contributed by atoms with Gasteiger partial charge in [0.1, 0.15) is 18.1 Å². The molecule has 0 unspecified atom stereocenters. The molecule has 1 saturated carbocycles. The van der Waals surface area contributed by atoms with Crippen molar-refractivity contribution in [1.29, 1.82) is 0 Å². The summed E-state index contributed by atoms with van der Waals surface area (Å²) in [7, 11) is 1.46. The summed E-state index contributed by atoms with van der Waals surface area (Å²) in [6, 6.07) is 18.7. The number of hydrogen-bond acceptors (Lipinski definition) is 6. The number of aromatic hydroxyl groups is 1. The van der Waals surface area contributed by atoms with Gasteiger partial charge in [-0.2, -0.15) is 0 Å². The van der Waals surface area contributed by atoms with Gasteiger partial charge in [-0.15, -0.1) is 5.10 Å². The number of fused-ring (bicyclic) bond motifs is 1. The van der Waals surface area contributed by atoms with E-state index in [4.69, 9.17) is 4.74 Å². The molecule has 9 heteroatoms. The summed E-state index contributed by atoms with van der Waals surface area (Å²) < 4.78 is 6.77. The van der Waals surface area contributed by atoms with Gasteiger partial charge in [0, 0.05) is 11.7 Å². The van der Waals surface area contributed by atoms with Gasteiger partial charge in [-0.1, -0.05) is 60.4 Å². The zero-order valence-corrected chi connectivity index (χ0v) is 22.2. The quantitative estimate of drug-likeness (QED) is 0.344. The summed E-state index contributed by atoms with van der Waals surface area (Å²) in [6.07, 6.45) is 5.06. The van der Waals surface area contributed by atoms with Gasteiger partial charge >= 0.3 is 0 Å². The highest BCUT2D eigenvalue weighted by atomic mass is 16.5. The van der Waals surface area contributed by atoms with Gasteiger partial charge in [-0.3, -0.25) is 14.5 Å². The fraction of sp³-hybridized carbons (Fsp3) is 0.333. The lowest BCUT2D eigenvalue weighted by atomic mass is 9.94. The molecule has 0 spiro atoms. The van der Waals surface area contributed by atoms with E-state index < -0.39 is 6.04 Å².